The number of hydrogen-bond acceptors (Lipinski definition) is 6. The SMILES string of the molecule is Cn1cc(C(=O)N2CCN(C3=NC(=O)C(F)C(c4ccccc4)=N3)CC2)nn1. The molecule has 2 aliphatic heterocycles. The maximum absolute atomic E-state index is 14.4. The van der Waals surface area contributed by atoms with Gasteiger partial charge in [-0.1, -0.05) is 35.5 Å². The third-order valence-corrected chi connectivity index (χ3v) is 4.63. The zero-order chi connectivity index (χ0) is 19.7. The summed E-state index contributed by atoms with van der Waals surface area (Å²) in [4.78, 5) is 36.1. The monoisotopic (exact) mass is 383 g/mol. The van der Waals surface area contributed by atoms with Gasteiger partial charge in [0.05, 0.1) is 11.9 Å². The van der Waals surface area contributed by atoms with Crippen LogP contribution in [0.25, 0.3) is 0 Å². The summed E-state index contributed by atoms with van der Waals surface area (Å²) in [5.41, 5.74) is 0.895. The zero-order valence-electron chi connectivity index (χ0n) is 15.2. The quantitative estimate of drug-likeness (QED) is 0.743. The van der Waals surface area contributed by atoms with Crippen LogP contribution < -0.4 is 0 Å². The van der Waals surface area contributed by atoms with E-state index in [0.717, 1.165) is 0 Å². The largest absolute Gasteiger partial charge is 0.337 e. The van der Waals surface area contributed by atoms with Gasteiger partial charge in [0, 0.05) is 33.2 Å². The molecule has 10 heteroatoms. The molecule has 0 saturated carbocycles. The van der Waals surface area contributed by atoms with Gasteiger partial charge in [0.25, 0.3) is 11.8 Å². The van der Waals surface area contributed by atoms with E-state index in [2.05, 4.69) is 20.3 Å². The Morgan fingerprint density at radius 2 is 1.82 bits per heavy atom. The fourth-order valence-electron chi connectivity index (χ4n) is 3.14. The number of benzene rings is 1. The van der Waals surface area contributed by atoms with E-state index in [-0.39, 0.29) is 23.3 Å². The molecule has 1 aromatic carbocycles. The van der Waals surface area contributed by atoms with E-state index < -0.39 is 12.1 Å². The van der Waals surface area contributed by atoms with Crippen molar-refractivity contribution in [1.82, 2.24) is 24.8 Å². The highest BCUT2D eigenvalue weighted by Crippen LogP contribution is 2.16. The standard InChI is InChI=1S/C18H18FN7O2/c1-24-11-13(22-23-24)17(28)25-7-9-26(10-8-25)18-20-15(14(19)16(27)21-18)12-5-3-2-4-6-12/h2-6,11,14H,7-10H2,1H3. The third-order valence-electron chi connectivity index (χ3n) is 4.63. The van der Waals surface area contributed by atoms with Crippen LogP contribution in [0, 0.1) is 0 Å². The van der Waals surface area contributed by atoms with Crippen LogP contribution in [0.15, 0.2) is 46.5 Å². The summed E-state index contributed by atoms with van der Waals surface area (Å²) in [5, 5.41) is 7.61. The summed E-state index contributed by atoms with van der Waals surface area (Å²) in [7, 11) is 1.69. The lowest BCUT2D eigenvalue weighted by Gasteiger charge is -2.35. The first-order chi connectivity index (χ1) is 13.5. The number of nitrogens with zero attached hydrogens (tertiary/aromatic N) is 7. The molecule has 2 amide bonds. The molecule has 1 atom stereocenters. The topological polar surface area (TPSA) is 96.1 Å². The minimum Gasteiger partial charge on any atom is -0.337 e. The molecule has 144 valence electrons. The molecule has 0 radical (unpaired) electrons. The Balaban J connectivity index is 1.48. The number of halogens is 1. The Kier molecular flexibility index (Phi) is 4.68. The first kappa shape index (κ1) is 18.0. The average Bonchev–Trinajstić information content (AvgIpc) is 3.16. The molecule has 0 spiro atoms. The van der Waals surface area contributed by atoms with Gasteiger partial charge >= 0.3 is 0 Å². The zero-order valence-corrected chi connectivity index (χ0v) is 15.2. The summed E-state index contributed by atoms with van der Waals surface area (Å²) in [5.74, 6) is -0.877. The maximum atomic E-state index is 14.4. The first-order valence-corrected chi connectivity index (χ1v) is 8.84. The number of rotatable bonds is 2. The van der Waals surface area contributed by atoms with Gasteiger partial charge in [0.1, 0.15) is 0 Å². The average molecular weight is 383 g/mol. The second-order valence-corrected chi connectivity index (χ2v) is 6.53. The van der Waals surface area contributed by atoms with Crippen molar-refractivity contribution in [3.63, 3.8) is 0 Å². The van der Waals surface area contributed by atoms with Gasteiger partial charge < -0.3 is 9.80 Å². The van der Waals surface area contributed by atoms with Gasteiger partial charge in [-0.3, -0.25) is 14.3 Å². The van der Waals surface area contributed by atoms with Crippen molar-refractivity contribution in [3.8, 4) is 0 Å². The van der Waals surface area contributed by atoms with Crippen molar-refractivity contribution in [2.45, 2.75) is 6.17 Å². The lowest BCUT2D eigenvalue weighted by Crippen LogP contribution is -2.51. The van der Waals surface area contributed by atoms with Crippen molar-refractivity contribution >= 4 is 23.5 Å². The Hall–Kier alpha value is -3.43. The highest BCUT2D eigenvalue weighted by Gasteiger charge is 2.33. The van der Waals surface area contributed by atoms with E-state index in [1.807, 2.05) is 6.07 Å². The number of hydrogen-bond donors (Lipinski definition) is 0. The smallest absolute Gasteiger partial charge is 0.289 e. The fourth-order valence-corrected chi connectivity index (χ4v) is 3.14. The Labute approximate surface area is 160 Å². The number of carbonyl (C=O) groups excluding carboxylic acids is 2. The summed E-state index contributed by atoms with van der Waals surface area (Å²) >= 11 is 0. The molecule has 28 heavy (non-hydrogen) atoms. The predicted octanol–water partition coefficient (Wildman–Crippen LogP) is 0.296. The number of aryl methyl sites for hydroxylation is 1. The van der Waals surface area contributed by atoms with E-state index in [1.54, 1.807) is 47.3 Å². The van der Waals surface area contributed by atoms with Gasteiger partial charge in [0.15, 0.2) is 5.69 Å². The van der Waals surface area contributed by atoms with E-state index in [0.29, 0.717) is 31.7 Å². The minimum absolute atomic E-state index is 0.0636. The Bertz CT molecular complexity index is 961. The van der Waals surface area contributed by atoms with E-state index in [1.165, 1.54) is 4.68 Å². The number of aromatic nitrogens is 3. The van der Waals surface area contributed by atoms with Gasteiger partial charge in [-0.15, -0.1) is 5.10 Å². The number of carbonyl (C=O) groups is 2. The molecule has 2 aromatic rings. The molecule has 0 bridgehead atoms. The second kappa shape index (κ2) is 7.29. The number of piperazine rings is 1. The summed E-state index contributed by atoms with van der Waals surface area (Å²) in [6.45, 7) is 1.69. The second-order valence-electron chi connectivity index (χ2n) is 6.53. The third kappa shape index (κ3) is 3.40. The van der Waals surface area contributed by atoms with Crippen LogP contribution in [0.2, 0.25) is 0 Å². The molecule has 1 fully saturated rings. The lowest BCUT2D eigenvalue weighted by molar-refractivity contribution is -0.120. The fraction of sp³-hybridized carbons (Fsp3) is 0.333. The first-order valence-electron chi connectivity index (χ1n) is 8.84. The van der Waals surface area contributed by atoms with Gasteiger partial charge in [-0.25, -0.2) is 9.38 Å². The minimum atomic E-state index is -1.87. The number of amides is 2. The molecular formula is C18H18FN7O2. The number of aliphatic imine (C=N–C) groups is 2. The van der Waals surface area contributed by atoms with E-state index in [9.17, 15) is 14.0 Å². The van der Waals surface area contributed by atoms with Crippen molar-refractivity contribution < 1.29 is 14.0 Å². The van der Waals surface area contributed by atoms with Crippen molar-refractivity contribution in [1.29, 1.82) is 0 Å². The lowest BCUT2D eigenvalue weighted by atomic mass is 10.0. The summed E-state index contributed by atoms with van der Waals surface area (Å²) in [6.07, 6.45) is -0.304. The molecule has 3 heterocycles. The van der Waals surface area contributed by atoms with Crippen LogP contribution in [0.3, 0.4) is 0 Å². The molecule has 0 aliphatic carbocycles. The van der Waals surface area contributed by atoms with Crippen LogP contribution in [-0.2, 0) is 11.8 Å². The maximum Gasteiger partial charge on any atom is 0.289 e. The molecular weight excluding hydrogens is 365 g/mol. The van der Waals surface area contributed by atoms with Gasteiger partial charge in [-0.2, -0.15) is 4.99 Å². The van der Waals surface area contributed by atoms with Gasteiger partial charge in [0.2, 0.25) is 12.1 Å². The summed E-state index contributed by atoms with van der Waals surface area (Å²) < 4.78 is 15.8. The van der Waals surface area contributed by atoms with Crippen molar-refractivity contribution in [2.24, 2.45) is 17.0 Å². The Morgan fingerprint density at radius 3 is 2.46 bits per heavy atom. The molecule has 9 nitrogen and oxygen atoms in total. The van der Waals surface area contributed by atoms with Crippen LogP contribution in [0.5, 0.6) is 0 Å². The normalized spacial score (nSPS) is 20.1. The molecule has 1 unspecified atom stereocenters. The van der Waals surface area contributed by atoms with E-state index >= 15 is 0 Å². The number of guanidine groups is 1. The van der Waals surface area contributed by atoms with Crippen LogP contribution in [0.1, 0.15) is 16.1 Å². The van der Waals surface area contributed by atoms with E-state index in [4.69, 9.17) is 0 Å². The van der Waals surface area contributed by atoms with Crippen LogP contribution in [0.4, 0.5) is 4.39 Å². The Morgan fingerprint density at radius 1 is 1.11 bits per heavy atom. The number of alkyl halides is 1. The highest BCUT2D eigenvalue weighted by molar-refractivity contribution is 6.23. The van der Waals surface area contributed by atoms with Crippen molar-refractivity contribution in [3.05, 3.63) is 47.8 Å². The molecule has 0 N–H and O–H groups in total. The predicted molar refractivity (Wildman–Crippen MR) is 98.8 cm³/mol. The van der Waals surface area contributed by atoms with Crippen LogP contribution in [-0.4, -0.2) is 80.6 Å². The van der Waals surface area contributed by atoms with Crippen LogP contribution >= 0.6 is 0 Å². The summed E-state index contributed by atoms with van der Waals surface area (Å²) in [6, 6.07) is 8.75. The van der Waals surface area contributed by atoms with Gasteiger partial charge in [-0.05, 0) is 5.56 Å². The molecule has 2 aliphatic rings. The van der Waals surface area contributed by atoms with Crippen molar-refractivity contribution in [2.75, 3.05) is 26.2 Å². The molecule has 1 saturated heterocycles. The highest BCUT2D eigenvalue weighted by atomic mass is 19.1. The molecule has 4 rings (SSSR count). The molecule has 1 aromatic heterocycles.